The van der Waals surface area contributed by atoms with Crippen LogP contribution in [-0.2, 0) is 21.3 Å². The van der Waals surface area contributed by atoms with Gasteiger partial charge in [0.25, 0.3) is 0 Å². The van der Waals surface area contributed by atoms with Crippen molar-refractivity contribution >= 4 is 40.0 Å². The van der Waals surface area contributed by atoms with E-state index in [9.17, 15) is 8.42 Å². The molecule has 0 aromatic heterocycles. The van der Waals surface area contributed by atoms with E-state index in [1.54, 1.807) is 14.0 Å². The fourth-order valence-electron chi connectivity index (χ4n) is 2.19. The van der Waals surface area contributed by atoms with Crippen LogP contribution in [0.25, 0.3) is 0 Å². The predicted molar refractivity (Wildman–Crippen MR) is 124 cm³/mol. The van der Waals surface area contributed by atoms with Crippen molar-refractivity contribution in [1.29, 1.82) is 0 Å². The molecule has 8 nitrogen and oxygen atoms in total. The average molecular weight is 528 g/mol. The summed E-state index contributed by atoms with van der Waals surface area (Å²) in [5.41, 5.74) is 2.13. The third-order valence-electron chi connectivity index (χ3n) is 3.70. The predicted octanol–water partition coefficient (Wildman–Crippen LogP) is 1.63. The summed E-state index contributed by atoms with van der Waals surface area (Å²) < 4.78 is 36.5. The third kappa shape index (κ3) is 11.0. The molecule has 28 heavy (non-hydrogen) atoms. The minimum atomic E-state index is -3.18. The van der Waals surface area contributed by atoms with Crippen LogP contribution in [0.1, 0.15) is 25.0 Å². The second-order valence-corrected chi connectivity index (χ2v) is 7.90. The minimum Gasteiger partial charge on any atom is -0.491 e. The van der Waals surface area contributed by atoms with Gasteiger partial charge >= 0.3 is 0 Å². The zero-order valence-electron chi connectivity index (χ0n) is 17.1. The van der Waals surface area contributed by atoms with Crippen molar-refractivity contribution in [3.63, 3.8) is 0 Å². The number of rotatable bonds is 12. The van der Waals surface area contributed by atoms with Crippen molar-refractivity contribution in [3.8, 4) is 5.75 Å². The second kappa shape index (κ2) is 14.8. The van der Waals surface area contributed by atoms with Gasteiger partial charge in [0.15, 0.2) is 5.96 Å². The van der Waals surface area contributed by atoms with E-state index in [0.717, 1.165) is 16.9 Å². The Morgan fingerprint density at radius 1 is 1.14 bits per heavy atom. The summed E-state index contributed by atoms with van der Waals surface area (Å²) in [6.45, 7) is 8.55. The molecule has 1 aromatic carbocycles. The van der Waals surface area contributed by atoms with Crippen molar-refractivity contribution < 1.29 is 17.9 Å². The summed E-state index contributed by atoms with van der Waals surface area (Å²) in [5.74, 6) is 1.47. The Labute approximate surface area is 185 Å². The molecule has 0 saturated heterocycles. The van der Waals surface area contributed by atoms with Crippen molar-refractivity contribution in [2.24, 2.45) is 4.99 Å². The monoisotopic (exact) mass is 528 g/mol. The van der Waals surface area contributed by atoms with Crippen LogP contribution < -0.4 is 20.1 Å². The number of aliphatic imine (C=N–C) groups is 1. The molecule has 0 bridgehead atoms. The molecule has 0 heterocycles. The molecule has 0 amide bonds. The molecule has 0 radical (unpaired) electrons. The van der Waals surface area contributed by atoms with E-state index >= 15 is 0 Å². The summed E-state index contributed by atoms with van der Waals surface area (Å²) in [5, 5.41) is 6.29. The molecule has 1 aromatic rings. The Kier molecular flexibility index (Phi) is 14.2. The first-order valence-electron chi connectivity index (χ1n) is 9.13. The number of guanidine groups is 1. The number of sulfonamides is 1. The first kappa shape index (κ1) is 26.9. The topological polar surface area (TPSA) is 101 Å². The number of ether oxygens (including phenoxy) is 2. The average Bonchev–Trinajstić information content (AvgIpc) is 2.65. The SMILES string of the molecule is CCOCCOc1cc(C)ccc1CNC(=NC)NCCNS(=O)(=O)CC.I. The molecular weight excluding hydrogens is 495 g/mol. The van der Waals surface area contributed by atoms with Gasteiger partial charge in [0.1, 0.15) is 12.4 Å². The second-order valence-electron chi connectivity index (χ2n) is 5.81. The molecule has 0 spiro atoms. The van der Waals surface area contributed by atoms with E-state index in [1.165, 1.54) is 0 Å². The highest BCUT2D eigenvalue weighted by Gasteiger charge is 2.07. The van der Waals surface area contributed by atoms with E-state index < -0.39 is 10.0 Å². The molecule has 10 heteroatoms. The Hall–Kier alpha value is -1.11. The number of nitrogens with zero attached hydrogens (tertiary/aromatic N) is 1. The molecule has 0 aliphatic rings. The van der Waals surface area contributed by atoms with Crippen molar-refractivity contribution in [2.75, 3.05) is 45.7 Å². The van der Waals surface area contributed by atoms with Crippen LogP contribution in [-0.4, -0.2) is 60.1 Å². The molecular formula is C18H33IN4O4S. The third-order valence-corrected chi connectivity index (χ3v) is 5.11. The summed E-state index contributed by atoms with van der Waals surface area (Å²) in [6, 6.07) is 6.04. The molecule has 1 rings (SSSR count). The molecule has 3 N–H and O–H groups in total. The fraction of sp³-hybridized carbons (Fsp3) is 0.611. The van der Waals surface area contributed by atoms with Crippen LogP contribution in [0.15, 0.2) is 23.2 Å². The maximum absolute atomic E-state index is 11.4. The van der Waals surface area contributed by atoms with Crippen LogP contribution in [0.5, 0.6) is 5.75 Å². The lowest BCUT2D eigenvalue weighted by atomic mass is 10.1. The first-order valence-corrected chi connectivity index (χ1v) is 10.8. The number of nitrogens with one attached hydrogen (secondary N) is 3. The summed E-state index contributed by atoms with van der Waals surface area (Å²) in [4.78, 5) is 4.15. The van der Waals surface area contributed by atoms with Gasteiger partial charge < -0.3 is 20.1 Å². The maximum atomic E-state index is 11.4. The molecule has 162 valence electrons. The molecule has 0 fully saturated rings. The Morgan fingerprint density at radius 2 is 1.89 bits per heavy atom. The lowest BCUT2D eigenvalue weighted by molar-refractivity contribution is 0.110. The highest BCUT2D eigenvalue weighted by atomic mass is 127. The summed E-state index contributed by atoms with van der Waals surface area (Å²) in [6.07, 6.45) is 0. The van der Waals surface area contributed by atoms with Crippen molar-refractivity contribution in [3.05, 3.63) is 29.3 Å². The van der Waals surface area contributed by atoms with Crippen LogP contribution in [0.4, 0.5) is 0 Å². The largest absolute Gasteiger partial charge is 0.491 e. The Balaban J connectivity index is 0.00000729. The summed E-state index contributed by atoms with van der Waals surface area (Å²) >= 11 is 0. The fourth-order valence-corrected chi connectivity index (χ4v) is 2.80. The zero-order chi connectivity index (χ0) is 20.1. The van der Waals surface area contributed by atoms with Gasteiger partial charge in [-0.2, -0.15) is 0 Å². The first-order chi connectivity index (χ1) is 12.9. The van der Waals surface area contributed by atoms with E-state index in [1.807, 2.05) is 32.0 Å². The minimum absolute atomic E-state index is 0. The van der Waals surface area contributed by atoms with Crippen LogP contribution in [0.3, 0.4) is 0 Å². The zero-order valence-corrected chi connectivity index (χ0v) is 20.2. The van der Waals surface area contributed by atoms with Crippen molar-refractivity contribution in [1.82, 2.24) is 15.4 Å². The Morgan fingerprint density at radius 3 is 2.54 bits per heavy atom. The van der Waals surface area contributed by atoms with Gasteiger partial charge in [-0.1, -0.05) is 12.1 Å². The van der Waals surface area contributed by atoms with Crippen LogP contribution in [0, 0.1) is 6.92 Å². The van der Waals surface area contributed by atoms with Gasteiger partial charge in [-0.05, 0) is 32.4 Å². The van der Waals surface area contributed by atoms with Gasteiger partial charge in [0.05, 0.1) is 12.4 Å². The Bertz CT molecular complexity index is 699. The lowest BCUT2D eigenvalue weighted by Gasteiger charge is -2.15. The van der Waals surface area contributed by atoms with Gasteiger partial charge in [0, 0.05) is 38.9 Å². The number of halogens is 1. The smallest absolute Gasteiger partial charge is 0.211 e. The lowest BCUT2D eigenvalue weighted by Crippen LogP contribution is -2.41. The van der Waals surface area contributed by atoms with Gasteiger partial charge in [-0.25, -0.2) is 13.1 Å². The highest BCUT2D eigenvalue weighted by Crippen LogP contribution is 2.20. The highest BCUT2D eigenvalue weighted by molar-refractivity contribution is 14.0. The van der Waals surface area contributed by atoms with Gasteiger partial charge in [-0.3, -0.25) is 4.99 Å². The number of hydrogen-bond acceptors (Lipinski definition) is 5. The van der Waals surface area contributed by atoms with Crippen LogP contribution >= 0.6 is 24.0 Å². The van der Waals surface area contributed by atoms with Gasteiger partial charge in [-0.15, -0.1) is 24.0 Å². The van der Waals surface area contributed by atoms with E-state index in [-0.39, 0.29) is 29.7 Å². The van der Waals surface area contributed by atoms with E-state index in [2.05, 4.69) is 20.3 Å². The number of benzene rings is 1. The maximum Gasteiger partial charge on any atom is 0.211 e. The number of aryl methyl sites for hydroxylation is 1. The molecule has 0 aliphatic carbocycles. The van der Waals surface area contributed by atoms with Crippen molar-refractivity contribution in [2.45, 2.75) is 27.3 Å². The summed E-state index contributed by atoms with van der Waals surface area (Å²) in [7, 11) is -1.51. The normalized spacial score (nSPS) is 11.6. The van der Waals surface area contributed by atoms with E-state index in [0.29, 0.717) is 45.4 Å². The molecule has 0 unspecified atom stereocenters. The quantitative estimate of drug-likeness (QED) is 0.165. The molecule has 0 saturated carbocycles. The van der Waals surface area contributed by atoms with Gasteiger partial charge in [0.2, 0.25) is 10.0 Å². The van der Waals surface area contributed by atoms with Crippen LogP contribution in [0.2, 0.25) is 0 Å². The standard InChI is InChI=1S/C18H32N4O4S.HI/c1-5-25-11-12-26-17-13-15(3)7-8-16(17)14-21-18(19-4)20-9-10-22-27(23,24)6-2;/h7-8,13,22H,5-6,9-12,14H2,1-4H3,(H2,19,20,21);1H. The van der Waals surface area contributed by atoms with E-state index in [4.69, 9.17) is 9.47 Å². The molecule has 0 atom stereocenters. The molecule has 0 aliphatic heterocycles. The number of hydrogen-bond donors (Lipinski definition) is 3.